The van der Waals surface area contributed by atoms with Crippen molar-refractivity contribution in [1.82, 2.24) is 9.78 Å². The van der Waals surface area contributed by atoms with E-state index < -0.39 is 5.91 Å². The number of anilines is 1. The molecule has 8 heteroatoms. The van der Waals surface area contributed by atoms with E-state index in [4.69, 9.17) is 21.1 Å². The number of ether oxygens (including phenoxy) is 2. The van der Waals surface area contributed by atoms with Gasteiger partial charge in [-0.15, -0.1) is 0 Å². The molecule has 0 aliphatic carbocycles. The van der Waals surface area contributed by atoms with Crippen LogP contribution in [0.4, 0.5) is 5.69 Å². The maximum atomic E-state index is 12.8. The van der Waals surface area contributed by atoms with Gasteiger partial charge in [0.2, 0.25) is 0 Å². The Bertz CT molecular complexity index is 1020. The highest BCUT2D eigenvalue weighted by molar-refractivity contribution is 6.30. The molecule has 1 heterocycles. The molecule has 30 heavy (non-hydrogen) atoms. The summed E-state index contributed by atoms with van der Waals surface area (Å²) in [6.07, 6.45) is 1.57. The molecule has 0 spiro atoms. The minimum Gasteiger partial charge on any atom is -0.493 e. The van der Waals surface area contributed by atoms with Crippen molar-refractivity contribution in [2.45, 2.75) is 20.5 Å². The van der Waals surface area contributed by atoms with Crippen LogP contribution in [-0.2, 0) is 6.61 Å². The lowest BCUT2D eigenvalue weighted by Crippen LogP contribution is -2.13. The van der Waals surface area contributed by atoms with Crippen LogP contribution in [0.25, 0.3) is 5.69 Å². The Morgan fingerprint density at radius 1 is 1.20 bits per heavy atom. The van der Waals surface area contributed by atoms with Gasteiger partial charge in [-0.25, -0.2) is 4.68 Å². The number of methoxy groups -OCH3 is 1. The first kappa shape index (κ1) is 21.7. The number of carbonyl (C=O) groups excluding carboxylic acids is 1. The zero-order valence-electron chi connectivity index (χ0n) is 17.1. The Hall–Kier alpha value is -3.03. The number of halogens is 1. The highest BCUT2D eigenvalue weighted by Crippen LogP contribution is 2.31. The number of amides is 1. The maximum absolute atomic E-state index is 12.8. The number of hydrogen-bond acceptors (Lipinski definition) is 5. The number of carbonyl (C=O) groups is 1. The molecule has 3 rings (SSSR count). The number of nitrogens with one attached hydrogen (secondary N) is 1. The molecule has 0 aliphatic heterocycles. The largest absolute Gasteiger partial charge is 0.493 e. The fourth-order valence-electron chi connectivity index (χ4n) is 2.76. The van der Waals surface area contributed by atoms with Gasteiger partial charge in [-0.3, -0.25) is 4.79 Å². The Kier molecular flexibility index (Phi) is 6.97. The smallest absolute Gasteiger partial charge is 0.259 e. The molecule has 7 nitrogen and oxygen atoms in total. The van der Waals surface area contributed by atoms with Gasteiger partial charge in [-0.2, -0.15) is 5.10 Å². The van der Waals surface area contributed by atoms with Crippen LogP contribution in [0, 0.1) is 5.92 Å². The van der Waals surface area contributed by atoms with Crippen LogP contribution in [0.15, 0.2) is 48.7 Å². The van der Waals surface area contributed by atoms with Gasteiger partial charge in [0, 0.05) is 23.0 Å². The van der Waals surface area contributed by atoms with E-state index in [2.05, 4.69) is 24.3 Å². The van der Waals surface area contributed by atoms with Crippen molar-refractivity contribution in [3.63, 3.8) is 0 Å². The lowest BCUT2D eigenvalue weighted by atomic mass is 10.2. The molecule has 1 amide bonds. The van der Waals surface area contributed by atoms with Crippen LogP contribution in [0.1, 0.15) is 29.9 Å². The molecule has 0 radical (unpaired) electrons. The average molecular weight is 430 g/mol. The molecule has 0 fully saturated rings. The second-order valence-corrected chi connectivity index (χ2v) is 7.53. The molecule has 0 unspecified atom stereocenters. The van der Waals surface area contributed by atoms with Gasteiger partial charge in [0.05, 0.1) is 31.6 Å². The fourth-order valence-corrected chi connectivity index (χ4v) is 2.89. The minimum atomic E-state index is -0.392. The Labute approximate surface area is 180 Å². The van der Waals surface area contributed by atoms with E-state index in [0.29, 0.717) is 34.7 Å². The molecule has 0 atom stereocenters. The molecule has 2 aromatic carbocycles. The first-order chi connectivity index (χ1) is 14.4. The number of aromatic nitrogens is 2. The maximum Gasteiger partial charge on any atom is 0.259 e. The van der Waals surface area contributed by atoms with Crippen LogP contribution in [-0.4, -0.2) is 34.5 Å². The third-order valence-electron chi connectivity index (χ3n) is 4.27. The molecule has 0 aliphatic rings. The third kappa shape index (κ3) is 5.11. The standard InChI is InChI=1S/C22H24ClN3O4/c1-14(2)13-30-20-9-6-16(10-21(20)29-3)24-22(28)18-11-26(25-19(18)12-27)17-7-4-15(23)5-8-17/h4-11,14,27H,12-13H2,1-3H3,(H,24,28). The molecular weight excluding hydrogens is 406 g/mol. The van der Waals surface area contributed by atoms with Gasteiger partial charge < -0.3 is 19.9 Å². The number of nitrogens with zero attached hydrogens (tertiary/aromatic N) is 2. The highest BCUT2D eigenvalue weighted by atomic mass is 35.5. The van der Waals surface area contributed by atoms with E-state index in [-0.39, 0.29) is 17.9 Å². The summed E-state index contributed by atoms with van der Waals surface area (Å²) in [5, 5.41) is 17.4. The van der Waals surface area contributed by atoms with Crippen LogP contribution < -0.4 is 14.8 Å². The van der Waals surface area contributed by atoms with E-state index in [9.17, 15) is 9.90 Å². The van der Waals surface area contributed by atoms with E-state index in [1.54, 1.807) is 55.8 Å². The summed E-state index contributed by atoms with van der Waals surface area (Å²) in [7, 11) is 1.54. The second kappa shape index (κ2) is 9.65. The van der Waals surface area contributed by atoms with Crippen molar-refractivity contribution >= 4 is 23.2 Å². The van der Waals surface area contributed by atoms with Gasteiger partial charge in [0.1, 0.15) is 5.69 Å². The second-order valence-electron chi connectivity index (χ2n) is 7.09. The first-order valence-corrected chi connectivity index (χ1v) is 9.86. The molecule has 0 bridgehead atoms. The summed E-state index contributed by atoms with van der Waals surface area (Å²) in [5.74, 6) is 1.11. The number of rotatable bonds is 8. The lowest BCUT2D eigenvalue weighted by Gasteiger charge is -2.14. The van der Waals surface area contributed by atoms with E-state index in [0.717, 1.165) is 5.69 Å². The minimum absolute atomic E-state index is 0.270. The monoisotopic (exact) mass is 429 g/mol. The SMILES string of the molecule is COc1cc(NC(=O)c2cn(-c3ccc(Cl)cc3)nc2CO)ccc1OCC(C)C. The quantitative estimate of drug-likeness (QED) is 0.557. The zero-order chi connectivity index (χ0) is 21.7. The predicted octanol–water partition coefficient (Wildman–Crippen LogP) is 4.31. The van der Waals surface area contributed by atoms with Crippen molar-refractivity contribution in [2.24, 2.45) is 5.92 Å². The van der Waals surface area contributed by atoms with Crippen LogP contribution >= 0.6 is 11.6 Å². The predicted molar refractivity (Wildman–Crippen MR) is 116 cm³/mol. The van der Waals surface area contributed by atoms with E-state index >= 15 is 0 Å². The van der Waals surface area contributed by atoms with Crippen LogP contribution in [0.3, 0.4) is 0 Å². The van der Waals surface area contributed by atoms with Gasteiger partial charge >= 0.3 is 0 Å². The summed E-state index contributed by atoms with van der Waals surface area (Å²) < 4.78 is 12.6. The Balaban J connectivity index is 1.81. The molecule has 158 valence electrons. The van der Waals surface area contributed by atoms with Gasteiger partial charge in [-0.05, 0) is 42.3 Å². The number of hydrogen-bond donors (Lipinski definition) is 2. The summed E-state index contributed by atoms with van der Waals surface area (Å²) in [4.78, 5) is 12.8. The van der Waals surface area contributed by atoms with Crippen molar-refractivity contribution in [1.29, 1.82) is 0 Å². The lowest BCUT2D eigenvalue weighted by molar-refractivity contribution is 0.102. The molecule has 1 aromatic heterocycles. The van der Waals surface area contributed by atoms with E-state index in [1.807, 2.05) is 0 Å². The summed E-state index contributed by atoms with van der Waals surface area (Å²) in [5.41, 5.74) is 1.80. The van der Waals surface area contributed by atoms with Gasteiger partial charge in [0.25, 0.3) is 5.91 Å². The number of aliphatic hydroxyl groups is 1. The highest BCUT2D eigenvalue weighted by Gasteiger charge is 2.18. The topological polar surface area (TPSA) is 85.6 Å². The molecule has 2 N–H and O–H groups in total. The third-order valence-corrected chi connectivity index (χ3v) is 4.52. The van der Waals surface area contributed by atoms with E-state index in [1.165, 1.54) is 4.68 Å². The first-order valence-electron chi connectivity index (χ1n) is 9.48. The molecular formula is C22H24ClN3O4. The molecule has 3 aromatic rings. The average Bonchev–Trinajstić information content (AvgIpc) is 3.17. The van der Waals surface area contributed by atoms with Crippen LogP contribution in [0.5, 0.6) is 11.5 Å². The summed E-state index contributed by atoms with van der Waals surface area (Å²) >= 11 is 5.92. The molecule has 0 saturated carbocycles. The summed E-state index contributed by atoms with van der Waals surface area (Å²) in [6, 6.07) is 12.2. The van der Waals surface area contributed by atoms with Crippen molar-refractivity contribution < 1.29 is 19.4 Å². The van der Waals surface area contributed by atoms with Crippen molar-refractivity contribution in [3.8, 4) is 17.2 Å². The van der Waals surface area contributed by atoms with Crippen molar-refractivity contribution in [3.05, 3.63) is 64.9 Å². The molecule has 0 saturated heterocycles. The van der Waals surface area contributed by atoms with Gasteiger partial charge in [-0.1, -0.05) is 25.4 Å². The number of aliphatic hydroxyl groups excluding tert-OH is 1. The fraction of sp³-hybridized carbons (Fsp3) is 0.273. The van der Waals surface area contributed by atoms with Crippen LogP contribution in [0.2, 0.25) is 5.02 Å². The zero-order valence-corrected chi connectivity index (χ0v) is 17.8. The summed E-state index contributed by atoms with van der Waals surface area (Å²) in [6.45, 7) is 4.31. The Morgan fingerprint density at radius 2 is 1.93 bits per heavy atom. The van der Waals surface area contributed by atoms with Gasteiger partial charge in [0.15, 0.2) is 11.5 Å². The normalized spacial score (nSPS) is 10.9. The Morgan fingerprint density at radius 3 is 2.57 bits per heavy atom. The van der Waals surface area contributed by atoms with Crippen molar-refractivity contribution in [2.75, 3.05) is 19.0 Å². The number of benzene rings is 2.